The van der Waals surface area contributed by atoms with E-state index in [-0.39, 0.29) is 0 Å². The highest BCUT2D eigenvalue weighted by Gasteiger charge is 2.14. The number of fused-ring (bicyclic) bond motifs is 1. The molecule has 1 N–H and O–H groups in total. The van der Waals surface area contributed by atoms with Gasteiger partial charge in [-0.1, -0.05) is 0 Å². The fraction of sp³-hybridized carbons (Fsp3) is 0.280. The first-order valence-electron chi connectivity index (χ1n) is 10.8. The van der Waals surface area contributed by atoms with Gasteiger partial charge in [0.15, 0.2) is 0 Å². The molecule has 4 rings (SSSR count). The normalized spacial score (nSPS) is 11.2. The van der Waals surface area contributed by atoms with Gasteiger partial charge in [-0.15, -0.1) is 0 Å². The average molecular weight is 447 g/mol. The van der Waals surface area contributed by atoms with Gasteiger partial charge < -0.3 is 14.4 Å². The Balaban J connectivity index is 1.76. The Morgan fingerprint density at radius 1 is 0.909 bits per heavy atom. The van der Waals surface area contributed by atoms with Gasteiger partial charge in [0.25, 0.3) is 0 Å². The minimum absolute atomic E-state index is 0.746. The molecule has 2 heterocycles. The van der Waals surface area contributed by atoms with Crippen molar-refractivity contribution in [3.05, 3.63) is 61.1 Å². The summed E-state index contributed by atoms with van der Waals surface area (Å²) in [6.45, 7) is 1.51. The smallest absolute Gasteiger partial charge is 0.124 e. The minimum Gasteiger partial charge on any atom is -0.497 e. The molecule has 0 saturated carbocycles. The Bertz CT molecular complexity index is 1210. The molecule has 172 valence electrons. The molecule has 4 aromatic rings. The van der Waals surface area contributed by atoms with Crippen LogP contribution in [0.1, 0.15) is 0 Å². The van der Waals surface area contributed by atoms with Gasteiger partial charge in [0.2, 0.25) is 0 Å². The molecule has 8 nitrogen and oxygen atoms in total. The van der Waals surface area contributed by atoms with Crippen LogP contribution >= 0.6 is 0 Å². The first-order chi connectivity index (χ1) is 16.0. The Hall–Kier alpha value is -3.62. The van der Waals surface area contributed by atoms with Gasteiger partial charge in [-0.25, -0.2) is 0 Å². The van der Waals surface area contributed by atoms with E-state index < -0.39 is 0 Å². The highest BCUT2D eigenvalue weighted by Crippen LogP contribution is 2.34. The topological polar surface area (TPSA) is 67.7 Å². The number of aromatic nitrogens is 3. The van der Waals surface area contributed by atoms with Crippen molar-refractivity contribution in [2.24, 2.45) is 7.05 Å². The van der Waals surface area contributed by atoms with Crippen LogP contribution in [-0.4, -0.2) is 61.2 Å². The molecule has 0 aliphatic carbocycles. The van der Waals surface area contributed by atoms with E-state index in [2.05, 4.69) is 44.7 Å². The molecular formula is C25H30N6O2. The monoisotopic (exact) mass is 446 g/mol. The number of anilines is 2. The van der Waals surface area contributed by atoms with Crippen LogP contribution in [0.3, 0.4) is 0 Å². The molecule has 0 bridgehead atoms. The predicted molar refractivity (Wildman–Crippen MR) is 132 cm³/mol. The number of pyridine rings is 1. The van der Waals surface area contributed by atoms with E-state index in [1.165, 1.54) is 0 Å². The number of nitrogens with zero attached hydrogens (tertiary/aromatic N) is 5. The van der Waals surface area contributed by atoms with Crippen LogP contribution in [0.2, 0.25) is 0 Å². The van der Waals surface area contributed by atoms with E-state index in [4.69, 9.17) is 9.47 Å². The van der Waals surface area contributed by atoms with Crippen LogP contribution in [0.4, 0.5) is 11.4 Å². The summed E-state index contributed by atoms with van der Waals surface area (Å²) < 4.78 is 12.8. The lowest BCUT2D eigenvalue weighted by atomic mass is 10.1. The third kappa shape index (κ3) is 5.24. The Labute approximate surface area is 194 Å². The number of hydrogen-bond acceptors (Lipinski definition) is 7. The number of hydrazine groups is 1. The second kappa shape index (κ2) is 9.89. The standard InChI is InChI=1S/C25H30N6O2/c1-29(2)27-8-9-31(22-12-23(32-4)14-24(13-22)33-5)21-6-7-25-18(11-21)10-19(15-26-25)20-16-28-30(3)17-20/h6-7,10-17,27H,8-9H2,1-5H3. The quantitative estimate of drug-likeness (QED) is 0.392. The number of hydrogen-bond donors (Lipinski definition) is 1. The van der Waals surface area contributed by atoms with Gasteiger partial charge in [-0.2, -0.15) is 5.10 Å². The molecule has 33 heavy (non-hydrogen) atoms. The van der Waals surface area contributed by atoms with Crippen molar-refractivity contribution in [1.82, 2.24) is 25.2 Å². The average Bonchev–Trinajstić information content (AvgIpc) is 3.26. The van der Waals surface area contributed by atoms with E-state index in [9.17, 15) is 0 Å². The number of rotatable bonds is 9. The zero-order valence-corrected chi connectivity index (χ0v) is 19.7. The summed E-state index contributed by atoms with van der Waals surface area (Å²) in [7, 11) is 9.22. The van der Waals surface area contributed by atoms with E-state index in [1.807, 2.05) is 62.9 Å². The highest BCUT2D eigenvalue weighted by molar-refractivity contribution is 5.87. The zero-order chi connectivity index (χ0) is 23.4. The van der Waals surface area contributed by atoms with Crippen molar-refractivity contribution >= 4 is 22.3 Å². The lowest BCUT2D eigenvalue weighted by molar-refractivity contribution is 0.294. The van der Waals surface area contributed by atoms with Crippen LogP contribution in [0.5, 0.6) is 11.5 Å². The molecule has 0 atom stereocenters. The molecule has 2 aromatic carbocycles. The van der Waals surface area contributed by atoms with Gasteiger partial charge in [0.1, 0.15) is 11.5 Å². The van der Waals surface area contributed by atoms with Crippen molar-refractivity contribution in [2.75, 3.05) is 46.3 Å². The molecule has 0 fully saturated rings. The fourth-order valence-corrected chi connectivity index (χ4v) is 3.76. The van der Waals surface area contributed by atoms with E-state index >= 15 is 0 Å². The number of benzene rings is 2. The predicted octanol–water partition coefficient (Wildman–Crippen LogP) is 3.86. The van der Waals surface area contributed by atoms with Gasteiger partial charge in [-0.05, 0) is 24.3 Å². The maximum Gasteiger partial charge on any atom is 0.124 e. The third-order valence-electron chi connectivity index (χ3n) is 5.43. The van der Waals surface area contributed by atoms with Crippen LogP contribution in [0, 0.1) is 0 Å². The maximum absolute atomic E-state index is 5.51. The van der Waals surface area contributed by atoms with Crippen LogP contribution in [0.25, 0.3) is 22.0 Å². The first-order valence-corrected chi connectivity index (χ1v) is 10.8. The van der Waals surface area contributed by atoms with Crippen LogP contribution < -0.4 is 19.8 Å². The Kier molecular flexibility index (Phi) is 6.76. The largest absolute Gasteiger partial charge is 0.497 e. The summed E-state index contributed by atoms with van der Waals surface area (Å²) in [5.41, 5.74) is 8.42. The summed E-state index contributed by atoms with van der Waals surface area (Å²) in [6.07, 6.45) is 5.74. The molecular weight excluding hydrogens is 416 g/mol. The van der Waals surface area contributed by atoms with E-state index in [0.717, 1.165) is 58.0 Å². The first kappa shape index (κ1) is 22.6. The lowest BCUT2D eigenvalue weighted by Crippen LogP contribution is -2.36. The van der Waals surface area contributed by atoms with Crippen LogP contribution in [0.15, 0.2) is 61.1 Å². The maximum atomic E-state index is 5.51. The van der Waals surface area contributed by atoms with E-state index in [1.54, 1.807) is 18.9 Å². The Morgan fingerprint density at radius 2 is 1.67 bits per heavy atom. The number of aryl methyl sites for hydroxylation is 1. The van der Waals surface area contributed by atoms with Crippen molar-refractivity contribution in [3.63, 3.8) is 0 Å². The summed E-state index contributed by atoms with van der Waals surface area (Å²) >= 11 is 0. The molecule has 0 unspecified atom stereocenters. The molecule has 0 spiro atoms. The summed E-state index contributed by atoms with van der Waals surface area (Å²) in [5, 5.41) is 7.30. The van der Waals surface area contributed by atoms with Gasteiger partial charge >= 0.3 is 0 Å². The molecule has 0 saturated heterocycles. The SMILES string of the molecule is COc1cc(OC)cc(N(CCNN(C)C)c2ccc3ncc(-c4cnn(C)c4)cc3c2)c1. The highest BCUT2D eigenvalue weighted by atomic mass is 16.5. The minimum atomic E-state index is 0.746. The van der Waals surface area contributed by atoms with Crippen molar-refractivity contribution in [1.29, 1.82) is 0 Å². The number of nitrogens with one attached hydrogen (secondary N) is 1. The van der Waals surface area contributed by atoms with Gasteiger partial charge in [-0.3, -0.25) is 20.1 Å². The second-order valence-corrected chi connectivity index (χ2v) is 8.03. The molecule has 0 aliphatic heterocycles. The summed E-state index contributed by atoms with van der Waals surface area (Å²) in [6, 6.07) is 14.4. The number of methoxy groups -OCH3 is 2. The van der Waals surface area contributed by atoms with E-state index in [0.29, 0.717) is 0 Å². The molecule has 0 amide bonds. The molecule has 2 aromatic heterocycles. The van der Waals surface area contributed by atoms with Crippen molar-refractivity contribution in [3.8, 4) is 22.6 Å². The summed E-state index contributed by atoms with van der Waals surface area (Å²) in [4.78, 5) is 6.91. The van der Waals surface area contributed by atoms with Gasteiger partial charge in [0.05, 0.1) is 25.9 Å². The zero-order valence-electron chi connectivity index (χ0n) is 19.7. The molecule has 0 aliphatic rings. The molecule has 0 radical (unpaired) electrons. The van der Waals surface area contributed by atoms with Gasteiger partial charge in [0, 0.05) is 92.7 Å². The van der Waals surface area contributed by atoms with Crippen molar-refractivity contribution in [2.45, 2.75) is 0 Å². The third-order valence-corrected chi connectivity index (χ3v) is 5.43. The van der Waals surface area contributed by atoms with Crippen molar-refractivity contribution < 1.29 is 9.47 Å². The Morgan fingerprint density at radius 3 is 2.30 bits per heavy atom. The second-order valence-electron chi connectivity index (χ2n) is 8.03. The lowest BCUT2D eigenvalue weighted by Gasteiger charge is -2.27. The fourth-order valence-electron chi connectivity index (χ4n) is 3.76. The summed E-state index contributed by atoms with van der Waals surface area (Å²) in [5.74, 6) is 1.49. The van der Waals surface area contributed by atoms with Crippen LogP contribution in [-0.2, 0) is 7.05 Å². The molecule has 8 heteroatoms. The number of ether oxygens (including phenoxy) is 2.